The molecule has 0 nitrogen and oxygen atoms in total. The summed E-state index contributed by atoms with van der Waals surface area (Å²) in [6, 6.07) is 35.0. The van der Waals surface area contributed by atoms with Gasteiger partial charge in [0.15, 0.2) is 0 Å². The summed E-state index contributed by atoms with van der Waals surface area (Å²) in [7, 11) is 0. The molecule has 4 aliphatic rings. The van der Waals surface area contributed by atoms with E-state index in [1.807, 2.05) is 0 Å². The molecule has 10 rings (SSSR count). The molecule has 0 N–H and O–H groups in total. The van der Waals surface area contributed by atoms with Crippen LogP contribution in [0.1, 0.15) is 57.2 Å². The fourth-order valence-electron chi connectivity index (χ4n) is 9.85. The SMILES string of the molecule is CC1(C)c2cc(C3=CC=C4C5=CC=CCC5C(C)(C)C4C3)ccc2-c2ccc(-c3ccc4ccc5cccc6ccc3c4c56)cc21. The summed E-state index contributed by atoms with van der Waals surface area (Å²) >= 11 is 0. The molecule has 2 unspecified atom stereocenters. The summed E-state index contributed by atoms with van der Waals surface area (Å²) in [5, 5.41) is 8.06. The Morgan fingerprint density at radius 1 is 0.565 bits per heavy atom. The standard InChI is InChI=1S/C46H38/c1-45(2)39-11-6-5-10-34(39)35-20-16-30(24-40(35)45)31-17-21-36-37-22-18-32(26-42(37)46(3,4)41(36)25-31)33-19-14-29-13-12-27-8-7-9-28-15-23-38(33)44(29)43(27)28/h5-10,12-23,25-26,39-40H,11,24H2,1-4H3. The first-order valence-corrected chi connectivity index (χ1v) is 17.1. The molecule has 0 aromatic heterocycles. The zero-order valence-electron chi connectivity index (χ0n) is 27.1. The third kappa shape index (κ3) is 3.40. The first-order chi connectivity index (χ1) is 22.3. The van der Waals surface area contributed by atoms with Crippen molar-refractivity contribution in [2.75, 3.05) is 0 Å². The Morgan fingerprint density at radius 2 is 1.20 bits per heavy atom. The molecule has 1 saturated carbocycles. The predicted molar refractivity (Wildman–Crippen MR) is 196 cm³/mol. The van der Waals surface area contributed by atoms with Crippen molar-refractivity contribution in [1.29, 1.82) is 0 Å². The maximum absolute atomic E-state index is 2.52. The van der Waals surface area contributed by atoms with Gasteiger partial charge in [0.1, 0.15) is 0 Å². The monoisotopic (exact) mass is 590 g/mol. The Labute approximate surface area is 271 Å². The van der Waals surface area contributed by atoms with Crippen LogP contribution in [0.4, 0.5) is 0 Å². The van der Waals surface area contributed by atoms with Gasteiger partial charge in [0.25, 0.3) is 0 Å². The highest BCUT2D eigenvalue weighted by molar-refractivity contribution is 6.25. The topological polar surface area (TPSA) is 0 Å². The van der Waals surface area contributed by atoms with Gasteiger partial charge in [0.05, 0.1) is 0 Å². The fraction of sp³-hybridized carbons (Fsp3) is 0.217. The molecular formula is C46H38. The predicted octanol–water partition coefficient (Wildman–Crippen LogP) is 12.4. The van der Waals surface area contributed by atoms with Crippen molar-refractivity contribution in [3.8, 4) is 22.3 Å². The summed E-state index contributed by atoms with van der Waals surface area (Å²) in [4.78, 5) is 0. The van der Waals surface area contributed by atoms with E-state index in [4.69, 9.17) is 0 Å². The second kappa shape index (κ2) is 8.98. The average molecular weight is 591 g/mol. The van der Waals surface area contributed by atoms with Crippen LogP contribution in [0.3, 0.4) is 0 Å². The third-order valence-corrected chi connectivity index (χ3v) is 12.4. The lowest BCUT2D eigenvalue weighted by molar-refractivity contribution is 0.210. The maximum Gasteiger partial charge on any atom is 0.0159 e. The molecule has 6 aromatic rings. The number of hydrogen-bond acceptors (Lipinski definition) is 0. The fourth-order valence-corrected chi connectivity index (χ4v) is 9.85. The van der Waals surface area contributed by atoms with Crippen LogP contribution in [0.5, 0.6) is 0 Å². The molecule has 46 heavy (non-hydrogen) atoms. The molecular weight excluding hydrogens is 553 g/mol. The van der Waals surface area contributed by atoms with Gasteiger partial charge in [0.2, 0.25) is 0 Å². The summed E-state index contributed by atoms with van der Waals surface area (Å²) < 4.78 is 0. The minimum absolute atomic E-state index is 0.0747. The lowest BCUT2D eigenvalue weighted by Gasteiger charge is -2.34. The summed E-state index contributed by atoms with van der Waals surface area (Å²) in [6.07, 6.45) is 14.2. The van der Waals surface area contributed by atoms with Gasteiger partial charge >= 0.3 is 0 Å². The molecule has 6 aromatic carbocycles. The Hall–Kier alpha value is -4.68. The smallest absolute Gasteiger partial charge is 0.0159 e. The largest absolute Gasteiger partial charge is 0.0839 e. The first kappa shape index (κ1) is 26.5. The quantitative estimate of drug-likeness (QED) is 0.176. The summed E-state index contributed by atoms with van der Waals surface area (Å²) in [5.41, 5.74) is 14.5. The van der Waals surface area contributed by atoms with Gasteiger partial charge in [-0.05, 0) is 130 Å². The Kier molecular flexibility index (Phi) is 5.18. The van der Waals surface area contributed by atoms with Crippen molar-refractivity contribution >= 4 is 37.9 Å². The van der Waals surface area contributed by atoms with Crippen molar-refractivity contribution in [2.45, 2.75) is 46.0 Å². The highest BCUT2D eigenvalue weighted by Gasteiger charge is 2.49. The van der Waals surface area contributed by atoms with Gasteiger partial charge < -0.3 is 0 Å². The molecule has 0 spiro atoms. The molecule has 222 valence electrons. The highest BCUT2D eigenvalue weighted by atomic mass is 14.5. The zero-order chi connectivity index (χ0) is 30.9. The molecule has 0 heterocycles. The van der Waals surface area contributed by atoms with E-state index in [1.54, 1.807) is 11.1 Å². The number of allylic oxidation sites excluding steroid dienone is 8. The third-order valence-electron chi connectivity index (χ3n) is 12.4. The van der Waals surface area contributed by atoms with Crippen LogP contribution in [0.25, 0.3) is 60.1 Å². The number of benzene rings is 6. The minimum Gasteiger partial charge on any atom is -0.0839 e. The average Bonchev–Trinajstić information content (AvgIpc) is 3.46. The lowest BCUT2D eigenvalue weighted by atomic mass is 9.69. The van der Waals surface area contributed by atoms with Crippen LogP contribution in [-0.2, 0) is 5.41 Å². The van der Waals surface area contributed by atoms with Crippen molar-refractivity contribution in [2.24, 2.45) is 17.3 Å². The van der Waals surface area contributed by atoms with E-state index in [-0.39, 0.29) is 10.8 Å². The van der Waals surface area contributed by atoms with E-state index >= 15 is 0 Å². The Balaban J connectivity index is 1.05. The number of hydrogen-bond donors (Lipinski definition) is 0. The van der Waals surface area contributed by atoms with Crippen molar-refractivity contribution < 1.29 is 0 Å². The first-order valence-electron chi connectivity index (χ1n) is 17.1. The van der Waals surface area contributed by atoms with Crippen LogP contribution < -0.4 is 0 Å². The van der Waals surface area contributed by atoms with Gasteiger partial charge in [0, 0.05) is 5.41 Å². The Morgan fingerprint density at radius 3 is 1.98 bits per heavy atom. The zero-order valence-corrected chi connectivity index (χ0v) is 27.1. The molecule has 1 fully saturated rings. The molecule has 0 radical (unpaired) electrons. The second-order valence-corrected chi connectivity index (χ2v) is 15.3. The maximum atomic E-state index is 2.52. The molecule has 0 heteroatoms. The van der Waals surface area contributed by atoms with Crippen molar-refractivity contribution in [3.05, 3.63) is 149 Å². The summed E-state index contributed by atoms with van der Waals surface area (Å²) in [6.45, 7) is 9.85. The normalized spacial score (nSPS) is 22.0. The van der Waals surface area contributed by atoms with Gasteiger partial charge in [-0.3, -0.25) is 0 Å². The van der Waals surface area contributed by atoms with E-state index in [2.05, 4.69) is 149 Å². The van der Waals surface area contributed by atoms with Crippen LogP contribution in [0, 0.1) is 17.3 Å². The molecule has 0 amide bonds. The van der Waals surface area contributed by atoms with Gasteiger partial charge in [-0.15, -0.1) is 0 Å². The highest BCUT2D eigenvalue weighted by Crippen LogP contribution is 2.60. The van der Waals surface area contributed by atoms with E-state index in [0.29, 0.717) is 11.8 Å². The van der Waals surface area contributed by atoms with E-state index in [1.165, 1.54) is 83.3 Å². The van der Waals surface area contributed by atoms with E-state index in [9.17, 15) is 0 Å². The molecule has 0 aliphatic heterocycles. The minimum atomic E-state index is -0.0747. The van der Waals surface area contributed by atoms with Gasteiger partial charge in [-0.25, -0.2) is 0 Å². The number of rotatable bonds is 2. The van der Waals surface area contributed by atoms with Gasteiger partial charge in [-0.1, -0.05) is 137 Å². The van der Waals surface area contributed by atoms with Crippen molar-refractivity contribution in [1.82, 2.24) is 0 Å². The lowest BCUT2D eigenvalue weighted by Crippen LogP contribution is -2.26. The van der Waals surface area contributed by atoms with E-state index in [0.717, 1.165) is 6.42 Å². The summed E-state index contributed by atoms with van der Waals surface area (Å²) in [5.74, 6) is 1.22. The molecule has 2 atom stereocenters. The number of fused-ring (bicyclic) bond motifs is 6. The van der Waals surface area contributed by atoms with Crippen LogP contribution in [0.15, 0.2) is 133 Å². The molecule has 4 aliphatic carbocycles. The molecule has 0 saturated heterocycles. The van der Waals surface area contributed by atoms with Gasteiger partial charge in [-0.2, -0.15) is 0 Å². The van der Waals surface area contributed by atoms with Crippen LogP contribution in [0.2, 0.25) is 0 Å². The van der Waals surface area contributed by atoms with Crippen LogP contribution >= 0.6 is 0 Å². The van der Waals surface area contributed by atoms with Crippen LogP contribution in [-0.4, -0.2) is 0 Å². The van der Waals surface area contributed by atoms with Crippen molar-refractivity contribution in [3.63, 3.8) is 0 Å². The second-order valence-electron chi connectivity index (χ2n) is 15.3. The Bertz CT molecular complexity index is 2400. The van der Waals surface area contributed by atoms with E-state index < -0.39 is 0 Å². The molecule has 0 bridgehead atoms.